The van der Waals surface area contributed by atoms with E-state index >= 15 is 0 Å². The number of rotatable bonds is 5. The molecule has 0 bridgehead atoms. The van der Waals surface area contributed by atoms with Crippen molar-refractivity contribution in [1.29, 1.82) is 0 Å². The molecule has 2 saturated heterocycles. The number of likely N-dealkylation sites (tertiary alicyclic amines) is 1. The number of nitrogens with two attached hydrogens (primary N) is 1. The van der Waals surface area contributed by atoms with E-state index in [-0.39, 0.29) is 18.1 Å². The number of hydrogen-bond donors (Lipinski definition) is 1. The Hall–Kier alpha value is -3.30. The average Bonchev–Trinajstić information content (AvgIpc) is 3.28. The molecule has 0 radical (unpaired) electrons. The van der Waals surface area contributed by atoms with Gasteiger partial charge in [-0.05, 0) is 38.3 Å². The molecule has 0 saturated carbocycles. The maximum absolute atomic E-state index is 12.2. The largest absolute Gasteiger partial charge is 0.383 e. The van der Waals surface area contributed by atoms with Crippen LogP contribution in [0.3, 0.4) is 0 Å². The third kappa shape index (κ3) is 4.53. The molecular formula is C26H33N7O2. The van der Waals surface area contributed by atoms with E-state index in [1.165, 1.54) is 18.0 Å². The minimum absolute atomic E-state index is 0.0160. The lowest BCUT2D eigenvalue weighted by Crippen LogP contribution is -2.47. The molecule has 2 fully saturated rings. The van der Waals surface area contributed by atoms with Crippen molar-refractivity contribution < 1.29 is 9.53 Å². The van der Waals surface area contributed by atoms with Crippen LogP contribution in [0, 0.1) is 0 Å². The van der Waals surface area contributed by atoms with Crippen LogP contribution in [0.25, 0.3) is 22.3 Å². The molecule has 9 heteroatoms. The van der Waals surface area contributed by atoms with Gasteiger partial charge >= 0.3 is 0 Å². The van der Waals surface area contributed by atoms with Crippen molar-refractivity contribution in [2.75, 3.05) is 32.0 Å². The highest BCUT2D eigenvalue weighted by atomic mass is 16.5. The zero-order valence-corrected chi connectivity index (χ0v) is 20.4. The van der Waals surface area contributed by atoms with Gasteiger partial charge in [0.05, 0.1) is 24.1 Å². The fraction of sp³-hybridized carbons (Fsp3) is 0.462. The van der Waals surface area contributed by atoms with Crippen LogP contribution in [0.15, 0.2) is 43.2 Å². The lowest BCUT2D eigenvalue weighted by atomic mass is 10.0. The molecule has 0 aliphatic carbocycles. The molecule has 2 aromatic heterocycles. The number of carbonyl (C=O) groups is 1. The number of carbonyl (C=O) groups excluding carboxylic acids is 1. The monoisotopic (exact) mass is 475 g/mol. The normalized spacial score (nSPS) is 23.5. The molecule has 3 atom stereocenters. The maximum atomic E-state index is 12.2. The molecule has 5 rings (SSSR count). The van der Waals surface area contributed by atoms with Crippen molar-refractivity contribution in [2.45, 2.75) is 51.4 Å². The van der Waals surface area contributed by atoms with Crippen LogP contribution in [-0.2, 0) is 16.1 Å². The predicted molar refractivity (Wildman–Crippen MR) is 136 cm³/mol. The molecule has 2 N–H and O–H groups in total. The number of morpholine rings is 1. The molecule has 35 heavy (non-hydrogen) atoms. The Balaban J connectivity index is 1.45. The summed E-state index contributed by atoms with van der Waals surface area (Å²) in [6, 6.07) is 8.88. The fourth-order valence-corrected chi connectivity index (χ4v) is 5.16. The first kappa shape index (κ1) is 23.4. The summed E-state index contributed by atoms with van der Waals surface area (Å²) in [6.07, 6.45) is 4.89. The second-order valence-electron chi connectivity index (χ2n) is 9.52. The molecule has 2 aliphatic rings. The second-order valence-corrected chi connectivity index (χ2v) is 9.52. The lowest BCUT2D eigenvalue weighted by Gasteiger charge is -2.37. The molecule has 0 spiro atoms. The summed E-state index contributed by atoms with van der Waals surface area (Å²) < 4.78 is 7.69. The van der Waals surface area contributed by atoms with Crippen LogP contribution in [0.2, 0.25) is 0 Å². The first-order valence-corrected chi connectivity index (χ1v) is 12.3. The average molecular weight is 476 g/mol. The van der Waals surface area contributed by atoms with E-state index in [2.05, 4.69) is 59.6 Å². The van der Waals surface area contributed by atoms with Crippen LogP contribution < -0.4 is 5.73 Å². The molecule has 1 amide bonds. The van der Waals surface area contributed by atoms with Crippen molar-refractivity contribution in [1.82, 2.24) is 29.5 Å². The van der Waals surface area contributed by atoms with Gasteiger partial charge in [0.2, 0.25) is 5.91 Å². The maximum Gasteiger partial charge on any atom is 0.246 e. The Morgan fingerprint density at radius 3 is 2.80 bits per heavy atom. The summed E-state index contributed by atoms with van der Waals surface area (Å²) in [5.41, 5.74) is 10.00. The minimum Gasteiger partial charge on any atom is -0.383 e. The van der Waals surface area contributed by atoms with Gasteiger partial charge in [0.15, 0.2) is 5.65 Å². The number of nitrogens with zero attached hydrogens (tertiary/aromatic N) is 6. The summed E-state index contributed by atoms with van der Waals surface area (Å²) in [7, 11) is 0. The highest BCUT2D eigenvalue weighted by Gasteiger charge is 2.28. The van der Waals surface area contributed by atoms with Gasteiger partial charge in [-0.1, -0.05) is 30.8 Å². The summed E-state index contributed by atoms with van der Waals surface area (Å²) >= 11 is 0. The van der Waals surface area contributed by atoms with Crippen molar-refractivity contribution in [2.24, 2.45) is 0 Å². The highest BCUT2D eigenvalue weighted by molar-refractivity contribution is 5.98. The van der Waals surface area contributed by atoms with Gasteiger partial charge in [-0.2, -0.15) is 5.10 Å². The van der Waals surface area contributed by atoms with Gasteiger partial charge in [-0.15, -0.1) is 0 Å². The Labute approximate surface area is 205 Å². The fourth-order valence-electron chi connectivity index (χ4n) is 5.16. The topological polar surface area (TPSA) is 102 Å². The molecular weight excluding hydrogens is 442 g/mol. The highest BCUT2D eigenvalue weighted by Crippen LogP contribution is 2.34. The quantitative estimate of drug-likeness (QED) is 0.566. The molecule has 184 valence electrons. The number of anilines is 1. The molecule has 2 aliphatic heterocycles. The number of ether oxygens (including phenoxy) is 1. The van der Waals surface area contributed by atoms with E-state index < -0.39 is 0 Å². The van der Waals surface area contributed by atoms with E-state index in [0.29, 0.717) is 24.1 Å². The number of hydrogen-bond acceptors (Lipinski definition) is 7. The van der Waals surface area contributed by atoms with Crippen molar-refractivity contribution in [3.63, 3.8) is 0 Å². The van der Waals surface area contributed by atoms with Gasteiger partial charge in [0, 0.05) is 37.8 Å². The van der Waals surface area contributed by atoms with Crippen LogP contribution in [0.5, 0.6) is 0 Å². The van der Waals surface area contributed by atoms with Crippen LogP contribution in [0.1, 0.15) is 38.3 Å². The molecule has 3 aromatic rings. The third-order valence-electron chi connectivity index (χ3n) is 7.37. The smallest absolute Gasteiger partial charge is 0.246 e. The standard InChI is InChI=1S/C26H33N7O2/c1-4-22(34)32-11-5-6-21(15-32)33-26-23(25(27)28-16-29-26)24(30-33)20-9-7-19(8-10-20)14-31-12-13-35-18(3)17(31)2/h4,7-10,16-18,21H,1,5-6,11-15H2,2-3H3,(H2,27,28,29). The number of amides is 1. The number of aromatic nitrogens is 4. The number of fused-ring (bicyclic) bond motifs is 1. The predicted octanol–water partition coefficient (Wildman–Crippen LogP) is 3.03. The van der Waals surface area contributed by atoms with Crippen molar-refractivity contribution in [3.8, 4) is 11.3 Å². The second kappa shape index (κ2) is 9.75. The van der Waals surface area contributed by atoms with Gasteiger partial charge in [-0.25, -0.2) is 14.6 Å². The van der Waals surface area contributed by atoms with E-state index in [9.17, 15) is 4.79 Å². The Kier molecular flexibility index (Phi) is 6.53. The molecule has 4 heterocycles. The lowest BCUT2D eigenvalue weighted by molar-refractivity contribution is -0.127. The van der Waals surface area contributed by atoms with E-state index in [1.807, 2.05) is 9.58 Å². The van der Waals surface area contributed by atoms with E-state index in [4.69, 9.17) is 15.6 Å². The molecule has 1 aromatic carbocycles. The minimum atomic E-state index is -0.0555. The zero-order chi connectivity index (χ0) is 24.5. The number of benzene rings is 1. The van der Waals surface area contributed by atoms with Gasteiger partial charge < -0.3 is 15.4 Å². The Bertz CT molecular complexity index is 1220. The van der Waals surface area contributed by atoms with Crippen LogP contribution in [0.4, 0.5) is 5.82 Å². The Morgan fingerprint density at radius 2 is 2.03 bits per heavy atom. The van der Waals surface area contributed by atoms with Gasteiger partial charge in [0.25, 0.3) is 0 Å². The molecule has 9 nitrogen and oxygen atoms in total. The van der Waals surface area contributed by atoms with Crippen molar-refractivity contribution >= 4 is 22.8 Å². The van der Waals surface area contributed by atoms with E-state index in [0.717, 1.165) is 55.7 Å². The SMILES string of the molecule is C=CC(=O)N1CCCC(n2nc(-c3ccc(CN4CCOC(C)C4C)cc3)c3c(N)ncnc32)C1. The first-order valence-electron chi connectivity index (χ1n) is 12.3. The van der Waals surface area contributed by atoms with Crippen LogP contribution in [-0.4, -0.2) is 73.8 Å². The summed E-state index contributed by atoms with van der Waals surface area (Å²) in [5, 5.41) is 5.73. The number of nitrogen functional groups attached to an aromatic ring is 1. The van der Waals surface area contributed by atoms with Crippen molar-refractivity contribution in [3.05, 3.63) is 48.8 Å². The van der Waals surface area contributed by atoms with Gasteiger partial charge in [-0.3, -0.25) is 9.69 Å². The first-order chi connectivity index (χ1) is 17.0. The van der Waals surface area contributed by atoms with E-state index in [1.54, 1.807) is 0 Å². The Morgan fingerprint density at radius 1 is 1.23 bits per heavy atom. The molecule has 3 unspecified atom stereocenters. The summed E-state index contributed by atoms with van der Waals surface area (Å²) in [5.74, 6) is 0.353. The third-order valence-corrected chi connectivity index (χ3v) is 7.37. The number of piperidine rings is 1. The zero-order valence-electron chi connectivity index (χ0n) is 20.4. The summed E-state index contributed by atoms with van der Waals surface area (Å²) in [4.78, 5) is 25.3. The summed E-state index contributed by atoms with van der Waals surface area (Å²) in [6.45, 7) is 11.9. The van der Waals surface area contributed by atoms with Crippen LogP contribution >= 0.6 is 0 Å². The van der Waals surface area contributed by atoms with Gasteiger partial charge in [0.1, 0.15) is 17.8 Å².